The zero-order valence-corrected chi connectivity index (χ0v) is 15.0. The van der Waals surface area contributed by atoms with Crippen molar-refractivity contribution in [1.29, 1.82) is 0 Å². The topological polar surface area (TPSA) is 94.6 Å². The van der Waals surface area contributed by atoms with Gasteiger partial charge < -0.3 is 15.5 Å². The highest BCUT2D eigenvalue weighted by Crippen LogP contribution is 2.28. The minimum Gasteiger partial charge on any atom is -0.373 e. The molecule has 4 amide bonds. The molecule has 0 saturated carbocycles. The number of hydrogen-bond acceptors (Lipinski definition) is 5. The van der Waals surface area contributed by atoms with Crippen LogP contribution in [0.4, 0.5) is 10.6 Å². The van der Waals surface area contributed by atoms with Gasteiger partial charge in [0.2, 0.25) is 11.8 Å². The number of nitrogens with zero attached hydrogens (tertiary/aromatic N) is 3. The zero-order valence-electron chi connectivity index (χ0n) is 15.0. The maximum atomic E-state index is 12.5. The minimum absolute atomic E-state index is 0.0567. The number of piperidine rings is 1. The van der Waals surface area contributed by atoms with Crippen molar-refractivity contribution >= 4 is 23.7 Å². The van der Waals surface area contributed by atoms with Crippen LogP contribution in [0.25, 0.3) is 0 Å². The van der Waals surface area contributed by atoms with Gasteiger partial charge in [-0.1, -0.05) is 0 Å². The standard InChI is InChI=1S/C18H25N5O3/c1-19-15-10-13(6-7-20-15)14-4-2-8-22(12-14)16(24)5-3-9-23-17(25)11-21-18(23)26/h6-7,10,14H,2-5,8-9,11-12H2,1H3,(H,19,20)(H,21,26). The molecule has 0 spiro atoms. The highest BCUT2D eigenvalue weighted by Gasteiger charge is 2.29. The van der Waals surface area contributed by atoms with Gasteiger partial charge in [0.05, 0.1) is 6.54 Å². The molecule has 2 fully saturated rings. The Morgan fingerprint density at radius 2 is 2.27 bits per heavy atom. The minimum atomic E-state index is -0.362. The first-order valence-electron chi connectivity index (χ1n) is 9.08. The van der Waals surface area contributed by atoms with Crippen LogP contribution in [0, 0.1) is 0 Å². The summed E-state index contributed by atoms with van der Waals surface area (Å²) in [7, 11) is 1.84. The first kappa shape index (κ1) is 18.2. The summed E-state index contributed by atoms with van der Waals surface area (Å²) in [5.74, 6) is 1.01. The van der Waals surface area contributed by atoms with Crippen LogP contribution in [0.2, 0.25) is 0 Å². The predicted molar refractivity (Wildman–Crippen MR) is 96.7 cm³/mol. The van der Waals surface area contributed by atoms with Crippen LogP contribution in [0.3, 0.4) is 0 Å². The van der Waals surface area contributed by atoms with Crippen molar-refractivity contribution in [3.8, 4) is 0 Å². The molecule has 2 N–H and O–H groups in total. The van der Waals surface area contributed by atoms with Crippen LogP contribution in [-0.2, 0) is 9.59 Å². The van der Waals surface area contributed by atoms with E-state index in [1.807, 2.05) is 24.1 Å². The lowest BCUT2D eigenvalue weighted by Crippen LogP contribution is -2.39. The lowest BCUT2D eigenvalue weighted by molar-refractivity contribution is -0.133. The molecule has 2 aliphatic rings. The van der Waals surface area contributed by atoms with Crippen LogP contribution in [-0.4, -0.2) is 65.9 Å². The first-order valence-corrected chi connectivity index (χ1v) is 9.08. The quantitative estimate of drug-likeness (QED) is 0.744. The van der Waals surface area contributed by atoms with E-state index in [1.165, 1.54) is 10.5 Å². The van der Waals surface area contributed by atoms with Gasteiger partial charge in [0.25, 0.3) is 0 Å². The fourth-order valence-corrected chi connectivity index (χ4v) is 3.54. The van der Waals surface area contributed by atoms with Gasteiger partial charge in [0.1, 0.15) is 5.82 Å². The average molecular weight is 359 g/mol. The largest absolute Gasteiger partial charge is 0.373 e. The van der Waals surface area contributed by atoms with Gasteiger partial charge in [-0.25, -0.2) is 9.78 Å². The molecular weight excluding hydrogens is 334 g/mol. The maximum Gasteiger partial charge on any atom is 0.324 e. The summed E-state index contributed by atoms with van der Waals surface area (Å²) in [5, 5.41) is 5.53. The fourth-order valence-electron chi connectivity index (χ4n) is 3.54. The lowest BCUT2D eigenvalue weighted by atomic mass is 9.91. The predicted octanol–water partition coefficient (Wildman–Crippen LogP) is 1.16. The Morgan fingerprint density at radius 1 is 1.42 bits per heavy atom. The second-order valence-corrected chi connectivity index (χ2v) is 6.71. The van der Waals surface area contributed by atoms with Crippen molar-refractivity contribution in [1.82, 2.24) is 20.1 Å². The number of anilines is 1. The van der Waals surface area contributed by atoms with Crippen molar-refractivity contribution in [2.24, 2.45) is 0 Å². The monoisotopic (exact) mass is 359 g/mol. The van der Waals surface area contributed by atoms with Gasteiger partial charge in [-0.05, 0) is 37.0 Å². The third-order valence-electron chi connectivity index (χ3n) is 5.00. The Hall–Kier alpha value is -2.64. The number of pyridine rings is 1. The summed E-state index contributed by atoms with van der Waals surface area (Å²) in [6.07, 6.45) is 4.67. The molecule has 8 heteroatoms. The number of likely N-dealkylation sites (tertiary alicyclic amines) is 1. The molecule has 1 unspecified atom stereocenters. The summed E-state index contributed by atoms with van der Waals surface area (Å²) in [6.45, 7) is 1.82. The van der Waals surface area contributed by atoms with E-state index in [0.717, 1.165) is 25.2 Å². The molecular formula is C18H25N5O3. The molecule has 1 atom stereocenters. The second-order valence-electron chi connectivity index (χ2n) is 6.71. The number of imide groups is 1. The van der Waals surface area contributed by atoms with Crippen molar-refractivity contribution in [3.63, 3.8) is 0 Å². The summed E-state index contributed by atoms with van der Waals surface area (Å²) < 4.78 is 0. The molecule has 1 aromatic heterocycles. The van der Waals surface area contributed by atoms with E-state index in [4.69, 9.17) is 0 Å². The Morgan fingerprint density at radius 3 is 3.00 bits per heavy atom. The Labute approximate surface area is 152 Å². The molecule has 3 heterocycles. The SMILES string of the molecule is CNc1cc(C2CCCN(C(=O)CCCN3C(=O)CNC3=O)C2)ccn1. The third-order valence-corrected chi connectivity index (χ3v) is 5.00. The second kappa shape index (κ2) is 8.16. The van der Waals surface area contributed by atoms with Crippen LogP contribution in [0.5, 0.6) is 0 Å². The molecule has 140 valence electrons. The third kappa shape index (κ3) is 4.12. The van der Waals surface area contributed by atoms with Crippen molar-refractivity contribution in [2.45, 2.75) is 31.6 Å². The number of rotatable bonds is 6. The van der Waals surface area contributed by atoms with E-state index in [-0.39, 0.29) is 24.4 Å². The zero-order chi connectivity index (χ0) is 18.5. The van der Waals surface area contributed by atoms with E-state index in [1.54, 1.807) is 6.20 Å². The number of carbonyl (C=O) groups excluding carboxylic acids is 3. The summed E-state index contributed by atoms with van der Waals surface area (Å²) >= 11 is 0. The van der Waals surface area contributed by atoms with E-state index >= 15 is 0 Å². The van der Waals surface area contributed by atoms with Gasteiger partial charge in [0.15, 0.2) is 0 Å². The van der Waals surface area contributed by atoms with E-state index < -0.39 is 0 Å². The molecule has 0 aromatic carbocycles. The van der Waals surface area contributed by atoms with Crippen molar-refractivity contribution in [3.05, 3.63) is 23.9 Å². The number of carbonyl (C=O) groups is 3. The van der Waals surface area contributed by atoms with Crippen molar-refractivity contribution in [2.75, 3.05) is 38.5 Å². The fraction of sp³-hybridized carbons (Fsp3) is 0.556. The molecule has 3 rings (SSSR count). The van der Waals surface area contributed by atoms with Gasteiger partial charge in [0, 0.05) is 45.2 Å². The highest BCUT2D eigenvalue weighted by molar-refractivity contribution is 6.01. The summed E-state index contributed by atoms with van der Waals surface area (Å²) in [5.41, 5.74) is 1.20. The van der Waals surface area contributed by atoms with Crippen LogP contribution >= 0.6 is 0 Å². The van der Waals surface area contributed by atoms with E-state index in [2.05, 4.69) is 15.6 Å². The molecule has 2 aliphatic heterocycles. The lowest BCUT2D eigenvalue weighted by Gasteiger charge is -2.33. The number of aromatic nitrogens is 1. The summed E-state index contributed by atoms with van der Waals surface area (Å²) in [6, 6.07) is 3.69. The van der Waals surface area contributed by atoms with Crippen LogP contribution < -0.4 is 10.6 Å². The Kier molecular flexibility index (Phi) is 5.70. The number of urea groups is 1. The van der Waals surface area contributed by atoms with E-state index in [0.29, 0.717) is 31.8 Å². The number of hydrogen-bond donors (Lipinski definition) is 2. The van der Waals surface area contributed by atoms with Gasteiger partial charge >= 0.3 is 6.03 Å². The Bertz CT molecular complexity index is 677. The molecule has 0 aliphatic carbocycles. The molecule has 2 saturated heterocycles. The van der Waals surface area contributed by atoms with E-state index in [9.17, 15) is 14.4 Å². The molecule has 8 nitrogen and oxygen atoms in total. The van der Waals surface area contributed by atoms with Crippen LogP contribution in [0.1, 0.15) is 37.2 Å². The van der Waals surface area contributed by atoms with Crippen LogP contribution in [0.15, 0.2) is 18.3 Å². The summed E-state index contributed by atoms with van der Waals surface area (Å²) in [4.78, 5) is 42.9. The normalized spacial score (nSPS) is 20.3. The average Bonchev–Trinajstić information content (AvgIpc) is 3.00. The highest BCUT2D eigenvalue weighted by atomic mass is 16.2. The first-order chi connectivity index (χ1) is 12.6. The number of nitrogens with one attached hydrogen (secondary N) is 2. The maximum absolute atomic E-state index is 12.5. The molecule has 26 heavy (non-hydrogen) atoms. The number of amides is 4. The molecule has 0 radical (unpaired) electrons. The van der Waals surface area contributed by atoms with Gasteiger partial charge in [-0.15, -0.1) is 0 Å². The van der Waals surface area contributed by atoms with Gasteiger partial charge in [-0.2, -0.15) is 0 Å². The van der Waals surface area contributed by atoms with Crippen molar-refractivity contribution < 1.29 is 14.4 Å². The Balaban J connectivity index is 1.51. The smallest absolute Gasteiger partial charge is 0.324 e. The molecule has 0 bridgehead atoms. The van der Waals surface area contributed by atoms with Gasteiger partial charge in [-0.3, -0.25) is 14.5 Å². The molecule has 1 aromatic rings.